The highest BCUT2D eigenvalue weighted by Gasteiger charge is 2.21. The number of carboxylic acid groups (broad SMARTS) is 1. The summed E-state index contributed by atoms with van der Waals surface area (Å²) in [4.78, 5) is 22.5. The molecule has 21 heavy (non-hydrogen) atoms. The molecule has 0 saturated heterocycles. The van der Waals surface area contributed by atoms with Crippen molar-refractivity contribution in [2.45, 2.75) is 39.3 Å². The predicted molar refractivity (Wildman–Crippen MR) is 81.7 cm³/mol. The lowest BCUT2D eigenvalue weighted by Gasteiger charge is -2.17. The molecule has 0 spiro atoms. The van der Waals surface area contributed by atoms with Crippen LogP contribution in [0.4, 0.5) is 0 Å². The summed E-state index contributed by atoms with van der Waals surface area (Å²) in [5.74, 6) is -1.45. The van der Waals surface area contributed by atoms with Crippen molar-refractivity contribution < 1.29 is 19.8 Å². The van der Waals surface area contributed by atoms with Crippen molar-refractivity contribution in [3.8, 4) is 5.75 Å². The summed E-state index contributed by atoms with van der Waals surface area (Å²) in [5.41, 5.74) is 8.38. The molecule has 6 nitrogen and oxygen atoms in total. The molecule has 1 rings (SSSR count). The van der Waals surface area contributed by atoms with E-state index in [0.29, 0.717) is 0 Å². The molecule has 0 saturated carbocycles. The molecule has 1 aromatic rings. The first-order chi connectivity index (χ1) is 9.22. The fourth-order valence-corrected chi connectivity index (χ4v) is 1.99. The van der Waals surface area contributed by atoms with Gasteiger partial charge in [-0.1, -0.05) is 0 Å². The van der Waals surface area contributed by atoms with E-state index in [2.05, 4.69) is 5.32 Å². The minimum atomic E-state index is -1.11. The molecule has 0 aliphatic carbocycles. The number of nitrogens with one attached hydrogen (secondary N) is 1. The van der Waals surface area contributed by atoms with Gasteiger partial charge < -0.3 is 21.3 Å². The molecule has 0 fully saturated rings. The van der Waals surface area contributed by atoms with Crippen molar-refractivity contribution in [1.82, 2.24) is 5.32 Å². The summed E-state index contributed by atoms with van der Waals surface area (Å²) < 4.78 is 0. The Balaban J connectivity index is 0.00000400. The molecule has 0 bridgehead atoms. The van der Waals surface area contributed by atoms with E-state index in [9.17, 15) is 14.7 Å². The van der Waals surface area contributed by atoms with Gasteiger partial charge in [0.25, 0.3) is 0 Å². The summed E-state index contributed by atoms with van der Waals surface area (Å²) in [6, 6.07) is 1.40. The number of rotatable bonds is 5. The summed E-state index contributed by atoms with van der Waals surface area (Å²) in [6.07, 6.45) is 0.288. The van der Waals surface area contributed by atoms with E-state index < -0.39 is 24.0 Å². The second-order valence-electron chi connectivity index (χ2n) is 4.94. The van der Waals surface area contributed by atoms with E-state index in [1.807, 2.05) is 13.8 Å². The van der Waals surface area contributed by atoms with E-state index in [1.165, 1.54) is 6.92 Å². The Hall–Kier alpha value is -1.79. The van der Waals surface area contributed by atoms with Gasteiger partial charge in [-0.3, -0.25) is 9.59 Å². The Morgan fingerprint density at radius 2 is 1.76 bits per heavy atom. The van der Waals surface area contributed by atoms with Gasteiger partial charge in [-0.05, 0) is 56.0 Å². The normalized spacial score (nSPS) is 13.0. The van der Waals surface area contributed by atoms with E-state index in [4.69, 9.17) is 10.8 Å². The molecule has 1 amide bonds. The second-order valence-corrected chi connectivity index (χ2v) is 4.94. The van der Waals surface area contributed by atoms with Crippen LogP contribution in [-0.2, 0) is 16.0 Å². The number of aliphatic carboxylic acids is 1. The number of aromatic hydroxyl groups is 1. The van der Waals surface area contributed by atoms with Gasteiger partial charge >= 0.3 is 5.97 Å². The third kappa shape index (κ3) is 5.24. The number of carbonyl (C=O) groups is 2. The van der Waals surface area contributed by atoms with Crippen LogP contribution in [-0.4, -0.2) is 34.2 Å². The van der Waals surface area contributed by atoms with Crippen molar-refractivity contribution in [3.05, 3.63) is 28.8 Å². The molecule has 118 valence electrons. The molecule has 0 heterocycles. The number of carboxylic acids is 1. The lowest BCUT2D eigenvalue weighted by atomic mass is 9.96. The molecule has 5 N–H and O–H groups in total. The number of halogens is 1. The number of hydrogen-bond donors (Lipinski definition) is 4. The van der Waals surface area contributed by atoms with Crippen LogP contribution in [0.3, 0.4) is 0 Å². The molecule has 2 atom stereocenters. The minimum absolute atomic E-state index is 0. The Bertz CT molecular complexity index is 511. The lowest BCUT2D eigenvalue weighted by Crippen LogP contribution is -2.48. The summed E-state index contributed by atoms with van der Waals surface area (Å²) in [7, 11) is 0. The van der Waals surface area contributed by atoms with Gasteiger partial charge in [-0.2, -0.15) is 0 Å². The van der Waals surface area contributed by atoms with Gasteiger partial charge in [0.05, 0.1) is 6.04 Å². The molecule has 1 aromatic carbocycles. The first-order valence-electron chi connectivity index (χ1n) is 6.30. The molecule has 0 aromatic heterocycles. The largest absolute Gasteiger partial charge is 0.508 e. The molecule has 7 heteroatoms. The van der Waals surface area contributed by atoms with Gasteiger partial charge in [0, 0.05) is 0 Å². The van der Waals surface area contributed by atoms with E-state index >= 15 is 0 Å². The number of benzene rings is 1. The molecular weight excluding hydrogens is 296 g/mol. The monoisotopic (exact) mass is 316 g/mol. The molecule has 0 unspecified atom stereocenters. The zero-order valence-electron chi connectivity index (χ0n) is 12.2. The Morgan fingerprint density at radius 1 is 1.29 bits per heavy atom. The molecular formula is C14H21ClN2O4. The Labute approximate surface area is 129 Å². The smallest absolute Gasteiger partial charge is 0.325 e. The van der Waals surface area contributed by atoms with Crippen molar-refractivity contribution in [3.63, 3.8) is 0 Å². The number of carbonyl (C=O) groups excluding carboxylic acids is 1. The highest BCUT2D eigenvalue weighted by molar-refractivity contribution is 5.86. The van der Waals surface area contributed by atoms with Crippen LogP contribution in [0, 0.1) is 13.8 Å². The van der Waals surface area contributed by atoms with Crippen LogP contribution in [0.15, 0.2) is 12.1 Å². The van der Waals surface area contributed by atoms with Gasteiger partial charge in [0.1, 0.15) is 11.8 Å². The lowest BCUT2D eigenvalue weighted by molar-refractivity contribution is -0.141. The van der Waals surface area contributed by atoms with Crippen molar-refractivity contribution in [1.29, 1.82) is 0 Å². The highest BCUT2D eigenvalue weighted by Crippen LogP contribution is 2.21. The van der Waals surface area contributed by atoms with Crippen LogP contribution in [0.5, 0.6) is 5.75 Å². The number of aryl methyl sites for hydroxylation is 2. The van der Waals surface area contributed by atoms with Crippen LogP contribution in [0.25, 0.3) is 0 Å². The zero-order valence-corrected chi connectivity index (χ0v) is 13.0. The summed E-state index contributed by atoms with van der Waals surface area (Å²) in [5, 5.41) is 20.5. The third-order valence-corrected chi connectivity index (χ3v) is 3.17. The van der Waals surface area contributed by atoms with Crippen LogP contribution < -0.4 is 11.1 Å². The minimum Gasteiger partial charge on any atom is -0.508 e. The zero-order chi connectivity index (χ0) is 15.4. The van der Waals surface area contributed by atoms with Gasteiger partial charge in [0.2, 0.25) is 5.91 Å². The first-order valence-corrected chi connectivity index (χ1v) is 6.30. The summed E-state index contributed by atoms with van der Waals surface area (Å²) in [6.45, 7) is 5.03. The van der Waals surface area contributed by atoms with Gasteiger partial charge in [-0.25, -0.2) is 0 Å². The van der Waals surface area contributed by atoms with Crippen molar-refractivity contribution in [2.24, 2.45) is 5.73 Å². The fraction of sp³-hybridized carbons (Fsp3) is 0.429. The number of phenolic OH excluding ortho intramolecular Hbond substituents is 1. The number of amides is 1. The standard InChI is InChI=1S/C14H20N2O4.ClH/c1-7-4-10(17)5-8(2)11(7)6-12(15)13(18)16-9(3)14(19)20;/h4-5,9,12,17H,6,15H2,1-3H3,(H,16,18)(H,19,20);1H/t9-,12+;/m1./s1. The van der Waals surface area contributed by atoms with Crippen molar-refractivity contribution >= 4 is 24.3 Å². The number of nitrogens with two attached hydrogens (primary N) is 1. The van der Waals surface area contributed by atoms with E-state index in [1.54, 1.807) is 12.1 Å². The summed E-state index contributed by atoms with van der Waals surface area (Å²) >= 11 is 0. The molecule has 0 radical (unpaired) electrons. The maximum absolute atomic E-state index is 11.8. The van der Waals surface area contributed by atoms with Crippen LogP contribution in [0.1, 0.15) is 23.6 Å². The first kappa shape index (κ1) is 19.2. The molecule has 0 aliphatic rings. The predicted octanol–water partition coefficient (Wildman–Crippen LogP) is 0.890. The topological polar surface area (TPSA) is 113 Å². The number of hydrogen-bond acceptors (Lipinski definition) is 4. The van der Waals surface area contributed by atoms with Crippen LogP contribution in [0.2, 0.25) is 0 Å². The van der Waals surface area contributed by atoms with Gasteiger partial charge in [-0.15, -0.1) is 12.4 Å². The van der Waals surface area contributed by atoms with Crippen molar-refractivity contribution in [2.75, 3.05) is 0 Å². The third-order valence-electron chi connectivity index (χ3n) is 3.17. The SMILES string of the molecule is Cc1cc(O)cc(C)c1C[C@H](N)C(=O)N[C@H](C)C(=O)O.Cl. The van der Waals surface area contributed by atoms with E-state index in [0.717, 1.165) is 16.7 Å². The molecule has 0 aliphatic heterocycles. The highest BCUT2D eigenvalue weighted by atomic mass is 35.5. The Morgan fingerprint density at radius 3 is 2.19 bits per heavy atom. The maximum Gasteiger partial charge on any atom is 0.325 e. The quantitative estimate of drug-likeness (QED) is 0.644. The van der Waals surface area contributed by atoms with Crippen LogP contribution >= 0.6 is 12.4 Å². The second kappa shape index (κ2) is 7.85. The maximum atomic E-state index is 11.8. The average Bonchev–Trinajstić information content (AvgIpc) is 2.32. The average molecular weight is 317 g/mol. The van der Waals surface area contributed by atoms with E-state index in [-0.39, 0.29) is 24.6 Å². The van der Waals surface area contributed by atoms with Gasteiger partial charge in [0.15, 0.2) is 0 Å². The Kier molecular flexibility index (Phi) is 7.18. The number of phenols is 1. The fourth-order valence-electron chi connectivity index (χ4n) is 1.99.